The third-order valence-electron chi connectivity index (χ3n) is 4.40. The number of imidazole rings is 1. The van der Waals surface area contributed by atoms with Crippen molar-refractivity contribution in [2.24, 2.45) is 0 Å². The van der Waals surface area contributed by atoms with Gasteiger partial charge < -0.3 is 14.6 Å². The van der Waals surface area contributed by atoms with E-state index in [0.717, 1.165) is 42.2 Å². The standard InChI is InChI=1S/C17H19N3O2/c1-11-9-20-10-13(6-7-16(20)18-11)19-17(21)15-8-12-4-2-3-5-14(12)22-15/h2-5,9,13,15H,6-8,10H2,1H3,(H,19,21)/t13-,15-/m1/s1. The molecule has 0 spiro atoms. The third-order valence-corrected chi connectivity index (χ3v) is 4.40. The number of benzene rings is 1. The first-order valence-corrected chi connectivity index (χ1v) is 7.76. The highest BCUT2D eigenvalue weighted by atomic mass is 16.5. The van der Waals surface area contributed by atoms with Crippen LogP contribution in [0.4, 0.5) is 0 Å². The summed E-state index contributed by atoms with van der Waals surface area (Å²) in [5.74, 6) is 1.94. The van der Waals surface area contributed by atoms with E-state index in [0.29, 0.717) is 6.42 Å². The second kappa shape index (κ2) is 5.16. The smallest absolute Gasteiger partial charge is 0.261 e. The van der Waals surface area contributed by atoms with Crippen molar-refractivity contribution in [1.82, 2.24) is 14.9 Å². The van der Waals surface area contributed by atoms with E-state index in [2.05, 4.69) is 21.1 Å². The first kappa shape index (κ1) is 13.4. The number of carbonyl (C=O) groups is 1. The average Bonchev–Trinajstić information content (AvgIpc) is 3.08. The van der Waals surface area contributed by atoms with Gasteiger partial charge in [-0.3, -0.25) is 4.79 Å². The van der Waals surface area contributed by atoms with Crippen molar-refractivity contribution >= 4 is 5.91 Å². The minimum atomic E-state index is -0.400. The van der Waals surface area contributed by atoms with E-state index in [9.17, 15) is 4.79 Å². The fourth-order valence-corrected chi connectivity index (χ4v) is 3.33. The fourth-order valence-electron chi connectivity index (χ4n) is 3.33. The maximum Gasteiger partial charge on any atom is 0.261 e. The van der Waals surface area contributed by atoms with E-state index in [1.165, 1.54) is 0 Å². The van der Waals surface area contributed by atoms with Crippen LogP contribution in [-0.2, 0) is 24.2 Å². The van der Waals surface area contributed by atoms with Crippen molar-refractivity contribution in [3.05, 3.63) is 47.5 Å². The van der Waals surface area contributed by atoms with Crippen LogP contribution in [-0.4, -0.2) is 27.6 Å². The van der Waals surface area contributed by atoms with Gasteiger partial charge in [0.1, 0.15) is 11.6 Å². The Kier molecular flexibility index (Phi) is 3.13. The number of hydrogen-bond donors (Lipinski definition) is 1. The molecule has 2 aromatic rings. The van der Waals surface area contributed by atoms with Crippen LogP contribution in [0.1, 0.15) is 23.5 Å². The molecular weight excluding hydrogens is 278 g/mol. The van der Waals surface area contributed by atoms with Crippen LogP contribution in [0.5, 0.6) is 5.75 Å². The number of rotatable bonds is 2. The summed E-state index contributed by atoms with van der Waals surface area (Å²) in [5, 5.41) is 3.13. The number of para-hydroxylation sites is 1. The van der Waals surface area contributed by atoms with Gasteiger partial charge in [0.25, 0.3) is 5.91 Å². The summed E-state index contributed by atoms with van der Waals surface area (Å²) in [7, 11) is 0. The van der Waals surface area contributed by atoms with Crippen LogP contribution in [0.2, 0.25) is 0 Å². The highest BCUT2D eigenvalue weighted by Gasteiger charge is 2.31. The summed E-state index contributed by atoms with van der Waals surface area (Å²) in [6.45, 7) is 2.80. The van der Waals surface area contributed by atoms with E-state index < -0.39 is 6.10 Å². The van der Waals surface area contributed by atoms with Crippen molar-refractivity contribution in [2.45, 2.75) is 44.9 Å². The molecule has 0 aliphatic carbocycles. The van der Waals surface area contributed by atoms with Crippen LogP contribution in [0.15, 0.2) is 30.5 Å². The zero-order valence-electron chi connectivity index (χ0n) is 12.6. The number of nitrogens with zero attached hydrogens (tertiary/aromatic N) is 2. The Morgan fingerprint density at radius 3 is 3.14 bits per heavy atom. The van der Waals surface area contributed by atoms with Gasteiger partial charge in [-0.15, -0.1) is 0 Å². The third kappa shape index (κ3) is 2.36. The van der Waals surface area contributed by atoms with Crippen molar-refractivity contribution < 1.29 is 9.53 Å². The molecule has 1 N–H and O–H groups in total. The Balaban J connectivity index is 1.40. The van der Waals surface area contributed by atoms with Crippen molar-refractivity contribution in [2.75, 3.05) is 0 Å². The molecule has 0 radical (unpaired) electrons. The quantitative estimate of drug-likeness (QED) is 0.916. The highest BCUT2D eigenvalue weighted by Crippen LogP contribution is 2.28. The SMILES string of the molecule is Cc1cn2c(n1)CC[C@@H](NC(=O)[C@H]1Cc3ccccc3O1)C2. The molecule has 5 nitrogen and oxygen atoms in total. The lowest BCUT2D eigenvalue weighted by atomic mass is 10.1. The number of ether oxygens (including phenoxy) is 1. The maximum absolute atomic E-state index is 12.4. The minimum Gasteiger partial charge on any atom is -0.480 e. The largest absolute Gasteiger partial charge is 0.480 e. The van der Waals surface area contributed by atoms with Gasteiger partial charge in [-0.05, 0) is 25.0 Å². The van der Waals surface area contributed by atoms with Crippen LogP contribution in [0.3, 0.4) is 0 Å². The number of fused-ring (bicyclic) bond motifs is 2. The van der Waals surface area contributed by atoms with E-state index >= 15 is 0 Å². The Labute approximate surface area is 129 Å². The zero-order chi connectivity index (χ0) is 15.1. The maximum atomic E-state index is 12.4. The van der Waals surface area contributed by atoms with Crippen molar-refractivity contribution in [3.8, 4) is 5.75 Å². The average molecular weight is 297 g/mol. The monoisotopic (exact) mass is 297 g/mol. The molecule has 0 fully saturated rings. The lowest BCUT2D eigenvalue weighted by Gasteiger charge is -2.25. The predicted molar refractivity (Wildman–Crippen MR) is 81.8 cm³/mol. The molecular formula is C17H19N3O2. The molecule has 2 atom stereocenters. The zero-order valence-corrected chi connectivity index (χ0v) is 12.6. The van der Waals surface area contributed by atoms with Gasteiger partial charge in [0.2, 0.25) is 0 Å². The van der Waals surface area contributed by atoms with Gasteiger partial charge in [0, 0.05) is 31.6 Å². The number of nitrogens with one attached hydrogen (secondary N) is 1. The van der Waals surface area contributed by atoms with Crippen LogP contribution in [0, 0.1) is 6.92 Å². The molecule has 3 heterocycles. The molecule has 1 aromatic heterocycles. The summed E-state index contributed by atoms with van der Waals surface area (Å²) in [6.07, 6.45) is 4.15. The van der Waals surface area contributed by atoms with E-state index in [-0.39, 0.29) is 11.9 Å². The Morgan fingerprint density at radius 2 is 2.27 bits per heavy atom. The van der Waals surface area contributed by atoms with Crippen LogP contribution >= 0.6 is 0 Å². The van der Waals surface area contributed by atoms with Crippen molar-refractivity contribution in [1.29, 1.82) is 0 Å². The number of hydrogen-bond acceptors (Lipinski definition) is 3. The number of carbonyl (C=O) groups excluding carboxylic acids is 1. The fraction of sp³-hybridized carbons (Fsp3) is 0.412. The molecule has 0 unspecified atom stereocenters. The van der Waals surface area contributed by atoms with Crippen LogP contribution in [0.25, 0.3) is 0 Å². The topological polar surface area (TPSA) is 56.2 Å². The first-order valence-electron chi connectivity index (χ1n) is 7.76. The van der Waals surface area contributed by atoms with Crippen LogP contribution < -0.4 is 10.1 Å². The molecule has 0 saturated carbocycles. The number of aryl methyl sites for hydroxylation is 2. The molecule has 2 aliphatic heterocycles. The summed E-state index contributed by atoms with van der Waals surface area (Å²) in [4.78, 5) is 16.9. The predicted octanol–water partition coefficient (Wildman–Crippen LogP) is 1.63. The summed E-state index contributed by atoms with van der Waals surface area (Å²) in [5.41, 5.74) is 2.15. The lowest BCUT2D eigenvalue weighted by Crippen LogP contribution is -2.46. The second-order valence-electron chi connectivity index (χ2n) is 6.11. The molecule has 0 bridgehead atoms. The Morgan fingerprint density at radius 1 is 1.41 bits per heavy atom. The highest BCUT2D eigenvalue weighted by molar-refractivity contribution is 5.82. The van der Waals surface area contributed by atoms with E-state index in [4.69, 9.17) is 4.74 Å². The van der Waals surface area contributed by atoms with Gasteiger partial charge in [0.15, 0.2) is 6.10 Å². The molecule has 1 aromatic carbocycles. The molecule has 22 heavy (non-hydrogen) atoms. The van der Waals surface area contributed by atoms with Gasteiger partial charge in [0.05, 0.1) is 5.69 Å². The Hall–Kier alpha value is -2.30. The number of aromatic nitrogens is 2. The van der Waals surface area contributed by atoms with Gasteiger partial charge in [-0.25, -0.2) is 4.98 Å². The first-order chi connectivity index (χ1) is 10.7. The number of amides is 1. The van der Waals surface area contributed by atoms with Gasteiger partial charge in [-0.2, -0.15) is 0 Å². The molecule has 2 aliphatic rings. The molecule has 5 heteroatoms. The minimum absolute atomic E-state index is 0.0125. The van der Waals surface area contributed by atoms with Crippen molar-refractivity contribution in [3.63, 3.8) is 0 Å². The summed E-state index contributed by atoms with van der Waals surface area (Å²) in [6, 6.07) is 8.00. The molecule has 1 amide bonds. The van der Waals surface area contributed by atoms with Gasteiger partial charge in [-0.1, -0.05) is 18.2 Å². The summed E-state index contributed by atoms with van der Waals surface area (Å²) >= 11 is 0. The molecule has 0 saturated heterocycles. The normalized spacial score (nSPS) is 22.6. The lowest BCUT2D eigenvalue weighted by molar-refractivity contribution is -0.128. The van der Waals surface area contributed by atoms with E-state index in [1.54, 1.807) is 0 Å². The van der Waals surface area contributed by atoms with E-state index in [1.807, 2.05) is 31.2 Å². The molecule has 114 valence electrons. The molecule has 4 rings (SSSR count). The Bertz CT molecular complexity index is 697. The summed E-state index contributed by atoms with van der Waals surface area (Å²) < 4.78 is 7.90. The van der Waals surface area contributed by atoms with Gasteiger partial charge >= 0.3 is 0 Å². The second-order valence-corrected chi connectivity index (χ2v) is 6.11.